The minimum atomic E-state index is -0.326. The number of likely N-dealkylation sites (tertiary alicyclic amines) is 2. The van der Waals surface area contributed by atoms with Crippen LogP contribution < -0.4 is 0 Å². The first kappa shape index (κ1) is 20.1. The van der Waals surface area contributed by atoms with Crippen molar-refractivity contribution in [2.75, 3.05) is 26.2 Å². The molecule has 0 radical (unpaired) electrons. The number of aryl methyl sites for hydroxylation is 1. The maximum atomic E-state index is 12.7. The third kappa shape index (κ3) is 4.79. The molecule has 0 aliphatic carbocycles. The number of carbonyl (C=O) groups is 1. The maximum Gasteiger partial charge on any atom is 0.222 e. The molecular formula is C21H34N4O2. The van der Waals surface area contributed by atoms with Crippen LogP contribution in [-0.4, -0.2) is 63.1 Å². The SMILES string of the molecule is C/C=C/CCCC(=O)N1CCC[C@@]2(CN(Cc3nc[nH]c3C)CC[C@H]2O)C1. The maximum absolute atomic E-state index is 12.7. The number of carbonyl (C=O) groups excluding carboxylic acids is 1. The number of hydrogen-bond donors (Lipinski definition) is 2. The highest BCUT2D eigenvalue weighted by atomic mass is 16.3. The van der Waals surface area contributed by atoms with Crippen molar-refractivity contribution in [3.63, 3.8) is 0 Å². The lowest BCUT2D eigenvalue weighted by atomic mass is 9.71. The lowest BCUT2D eigenvalue weighted by Crippen LogP contribution is -2.59. The zero-order valence-electron chi connectivity index (χ0n) is 16.8. The third-order valence-electron chi connectivity index (χ3n) is 6.23. The number of rotatable bonds is 6. The van der Waals surface area contributed by atoms with E-state index in [0.29, 0.717) is 13.0 Å². The molecule has 27 heavy (non-hydrogen) atoms. The number of H-pyrrole nitrogens is 1. The van der Waals surface area contributed by atoms with Crippen molar-refractivity contribution in [3.05, 3.63) is 29.9 Å². The van der Waals surface area contributed by atoms with Crippen LogP contribution in [0.1, 0.15) is 56.8 Å². The number of aromatic nitrogens is 2. The fourth-order valence-corrected chi connectivity index (χ4v) is 4.60. The Labute approximate surface area is 162 Å². The number of aliphatic hydroxyl groups is 1. The molecule has 1 aromatic heterocycles. The van der Waals surface area contributed by atoms with E-state index in [2.05, 4.69) is 20.9 Å². The Hall–Kier alpha value is -1.66. The molecule has 2 aliphatic rings. The van der Waals surface area contributed by atoms with Gasteiger partial charge < -0.3 is 15.0 Å². The average molecular weight is 375 g/mol. The van der Waals surface area contributed by atoms with Crippen LogP contribution in [0.3, 0.4) is 0 Å². The van der Waals surface area contributed by atoms with Gasteiger partial charge in [-0.05, 0) is 46.0 Å². The van der Waals surface area contributed by atoms with Crippen molar-refractivity contribution in [2.45, 2.75) is 65.0 Å². The van der Waals surface area contributed by atoms with E-state index in [1.807, 2.05) is 24.8 Å². The smallest absolute Gasteiger partial charge is 0.222 e. The number of piperidine rings is 2. The molecule has 0 unspecified atom stereocenters. The summed E-state index contributed by atoms with van der Waals surface area (Å²) in [5, 5.41) is 10.8. The van der Waals surface area contributed by atoms with E-state index in [9.17, 15) is 9.90 Å². The van der Waals surface area contributed by atoms with Gasteiger partial charge in [0, 0.05) is 50.3 Å². The van der Waals surface area contributed by atoms with Gasteiger partial charge in [0.2, 0.25) is 5.91 Å². The minimum Gasteiger partial charge on any atom is -0.392 e. The van der Waals surface area contributed by atoms with Crippen LogP contribution in [0.25, 0.3) is 0 Å². The van der Waals surface area contributed by atoms with Crippen LogP contribution in [0, 0.1) is 12.3 Å². The van der Waals surface area contributed by atoms with E-state index in [4.69, 9.17) is 0 Å². The Morgan fingerprint density at radius 1 is 1.44 bits per heavy atom. The number of aromatic amines is 1. The van der Waals surface area contributed by atoms with Crippen molar-refractivity contribution in [1.82, 2.24) is 19.8 Å². The van der Waals surface area contributed by atoms with E-state index >= 15 is 0 Å². The number of hydrogen-bond acceptors (Lipinski definition) is 4. The standard InChI is InChI=1S/C21H34N4O2/c1-3-4-5-6-8-20(27)25-11-7-10-21(15-25)14-24(12-9-19(21)26)13-18-17(2)22-16-23-18/h3-4,16,19,26H,5-15H2,1-2H3,(H,22,23)/b4-3+/t19-,21-/m1/s1. The first-order chi connectivity index (χ1) is 13.0. The first-order valence-electron chi connectivity index (χ1n) is 10.3. The normalized spacial score (nSPS) is 26.9. The summed E-state index contributed by atoms with van der Waals surface area (Å²) in [4.78, 5) is 24.6. The van der Waals surface area contributed by atoms with E-state index in [-0.39, 0.29) is 17.4 Å². The molecule has 1 aromatic rings. The van der Waals surface area contributed by atoms with Crippen molar-refractivity contribution >= 4 is 5.91 Å². The molecule has 1 amide bonds. The summed E-state index contributed by atoms with van der Waals surface area (Å²) in [6.45, 7) is 8.10. The summed E-state index contributed by atoms with van der Waals surface area (Å²) >= 11 is 0. The molecule has 1 spiro atoms. The summed E-state index contributed by atoms with van der Waals surface area (Å²) < 4.78 is 0. The van der Waals surface area contributed by atoms with Crippen LogP contribution in [0.5, 0.6) is 0 Å². The van der Waals surface area contributed by atoms with E-state index in [0.717, 1.165) is 69.7 Å². The van der Waals surface area contributed by atoms with Gasteiger partial charge in [0.05, 0.1) is 18.1 Å². The first-order valence-corrected chi connectivity index (χ1v) is 10.3. The highest BCUT2D eigenvalue weighted by Crippen LogP contribution is 2.39. The molecular weight excluding hydrogens is 340 g/mol. The van der Waals surface area contributed by atoms with E-state index in [1.54, 1.807) is 6.33 Å². The Morgan fingerprint density at radius 3 is 3.04 bits per heavy atom. The summed E-state index contributed by atoms with van der Waals surface area (Å²) in [6, 6.07) is 0. The lowest BCUT2D eigenvalue weighted by molar-refractivity contribution is -0.141. The Morgan fingerprint density at radius 2 is 2.30 bits per heavy atom. The Balaban J connectivity index is 1.61. The van der Waals surface area contributed by atoms with Crippen LogP contribution in [0.15, 0.2) is 18.5 Å². The summed E-state index contributed by atoms with van der Waals surface area (Å²) in [6.07, 6.45) is 10.8. The Kier molecular flexibility index (Phi) is 6.71. The van der Waals surface area contributed by atoms with E-state index < -0.39 is 0 Å². The molecule has 150 valence electrons. The zero-order chi connectivity index (χ0) is 19.3. The molecule has 0 aromatic carbocycles. The average Bonchev–Trinajstić information content (AvgIpc) is 3.06. The van der Waals surface area contributed by atoms with Gasteiger partial charge in [-0.1, -0.05) is 12.2 Å². The van der Waals surface area contributed by atoms with Gasteiger partial charge in [0.15, 0.2) is 0 Å². The van der Waals surface area contributed by atoms with Gasteiger partial charge in [0.25, 0.3) is 0 Å². The van der Waals surface area contributed by atoms with Crippen molar-refractivity contribution < 1.29 is 9.90 Å². The van der Waals surface area contributed by atoms with Crippen LogP contribution >= 0.6 is 0 Å². The van der Waals surface area contributed by atoms with Crippen LogP contribution in [-0.2, 0) is 11.3 Å². The molecule has 3 heterocycles. The number of amides is 1. The number of nitrogens with zero attached hydrogens (tertiary/aromatic N) is 3. The summed E-state index contributed by atoms with van der Waals surface area (Å²) in [5.41, 5.74) is 1.99. The van der Waals surface area contributed by atoms with Gasteiger partial charge in [-0.25, -0.2) is 4.98 Å². The van der Waals surface area contributed by atoms with Crippen molar-refractivity contribution in [1.29, 1.82) is 0 Å². The predicted octanol–water partition coefficient (Wildman–Crippen LogP) is 2.64. The van der Waals surface area contributed by atoms with E-state index in [1.165, 1.54) is 0 Å². The number of unbranched alkanes of at least 4 members (excludes halogenated alkanes) is 1. The molecule has 6 heteroatoms. The number of nitrogens with one attached hydrogen (secondary N) is 1. The second-order valence-electron chi connectivity index (χ2n) is 8.23. The van der Waals surface area contributed by atoms with Crippen LogP contribution in [0.2, 0.25) is 0 Å². The Bertz CT molecular complexity index is 656. The highest BCUT2D eigenvalue weighted by molar-refractivity contribution is 5.76. The summed E-state index contributed by atoms with van der Waals surface area (Å²) in [5.74, 6) is 0.242. The largest absolute Gasteiger partial charge is 0.392 e. The molecule has 2 fully saturated rings. The molecule has 2 atom stereocenters. The molecule has 2 saturated heterocycles. The molecule has 0 bridgehead atoms. The summed E-state index contributed by atoms with van der Waals surface area (Å²) in [7, 11) is 0. The fraction of sp³-hybridized carbons (Fsp3) is 0.714. The molecule has 2 N–H and O–H groups in total. The number of allylic oxidation sites excluding steroid dienone is 2. The topological polar surface area (TPSA) is 72.5 Å². The fourth-order valence-electron chi connectivity index (χ4n) is 4.60. The minimum absolute atomic E-state index is 0.195. The second-order valence-corrected chi connectivity index (χ2v) is 8.23. The van der Waals surface area contributed by atoms with Gasteiger partial charge in [-0.3, -0.25) is 9.69 Å². The van der Waals surface area contributed by atoms with Gasteiger partial charge in [-0.15, -0.1) is 0 Å². The van der Waals surface area contributed by atoms with Gasteiger partial charge in [-0.2, -0.15) is 0 Å². The zero-order valence-corrected chi connectivity index (χ0v) is 16.8. The van der Waals surface area contributed by atoms with Crippen molar-refractivity contribution in [2.24, 2.45) is 5.41 Å². The lowest BCUT2D eigenvalue weighted by Gasteiger charge is -2.51. The number of aliphatic hydroxyl groups excluding tert-OH is 1. The van der Waals surface area contributed by atoms with Crippen LogP contribution in [0.4, 0.5) is 0 Å². The van der Waals surface area contributed by atoms with Gasteiger partial charge >= 0.3 is 0 Å². The molecule has 3 rings (SSSR count). The number of imidazole rings is 1. The second kappa shape index (κ2) is 9.02. The highest BCUT2D eigenvalue weighted by Gasteiger charge is 2.46. The predicted molar refractivity (Wildman–Crippen MR) is 106 cm³/mol. The van der Waals surface area contributed by atoms with Gasteiger partial charge in [0.1, 0.15) is 0 Å². The molecule has 2 aliphatic heterocycles. The monoisotopic (exact) mass is 374 g/mol. The third-order valence-corrected chi connectivity index (χ3v) is 6.23. The molecule has 6 nitrogen and oxygen atoms in total. The molecule has 0 saturated carbocycles. The van der Waals surface area contributed by atoms with Crippen molar-refractivity contribution in [3.8, 4) is 0 Å². The quantitative estimate of drug-likeness (QED) is 0.593.